The second kappa shape index (κ2) is 6.40. The lowest BCUT2D eigenvalue weighted by Crippen LogP contribution is -2.32. The summed E-state index contributed by atoms with van der Waals surface area (Å²) in [6, 6.07) is 7.56. The summed E-state index contributed by atoms with van der Waals surface area (Å²) in [5.41, 5.74) is 6.88. The summed E-state index contributed by atoms with van der Waals surface area (Å²) >= 11 is 0. The Bertz CT molecular complexity index is 492. The molecule has 1 aromatic carbocycles. The van der Waals surface area contributed by atoms with Gasteiger partial charge in [0.15, 0.2) is 0 Å². The molecule has 1 atom stereocenters. The molecule has 100 valence electrons. The number of nitrogens with one attached hydrogen (secondary N) is 1. The maximum atomic E-state index is 12.0. The monoisotopic (exact) mass is 256 g/mol. The molecule has 19 heavy (non-hydrogen) atoms. The molecule has 3 nitrogen and oxygen atoms in total. The summed E-state index contributed by atoms with van der Waals surface area (Å²) in [5.74, 6) is 6.55. The van der Waals surface area contributed by atoms with Crippen molar-refractivity contribution in [2.75, 3.05) is 6.54 Å². The summed E-state index contributed by atoms with van der Waals surface area (Å²) in [5, 5.41) is 3.04. The van der Waals surface area contributed by atoms with Crippen LogP contribution in [0.25, 0.3) is 0 Å². The molecule has 3 heteroatoms. The molecule has 1 fully saturated rings. The van der Waals surface area contributed by atoms with Gasteiger partial charge in [0.1, 0.15) is 0 Å². The Labute approximate surface area is 114 Å². The van der Waals surface area contributed by atoms with E-state index in [-0.39, 0.29) is 11.9 Å². The van der Waals surface area contributed by atoms with Gasteiger partial charge in [-0.1, -0.05) is 24.7 Å². The first-order valence-electron chi connectivity index (χ1n) is 6.79. The Morgan fingerprint density at radius 3 is 2.68 bits per heavy atom. The van der Waals surface area contributed by atoms with Gasteiger partial charge in [0.05, 0.1) is 6.54 Å². The van der Waals surface area contributed by atoms with Crippen molar-refractivity contribution in [1.29, 1.82) is 0 Å². The fourth-order valence-electron chi connectivity index (χ4n) is 2.08. The van der Waals surface area contributed by atoms with Crippen molar-refractivity contribution in [1.82, 2.24) is 5.32 Å². The topological polar surface area (TPSA) is 55.1 Å². The Balaban J connectivity index is 1.90. The highest BCUT2D eigenvalue weighted by Gasteiger charge is 2.24. The maximum Gasteiger partial charge on any atom is 0.251 e. The number of hydrogen-bond donors (Lipinski definition) is 2. The molecule has 1 aromatic rings. The van der Waals surface area contributed by atoms with Crippen molar-refractivity contribution < 1.29 is 4.79 Å². The largest absolute Gasteiger partial charge is 0.350 e. The van der Waals surface area contributed by atoms with Crippen molar-refractivity contribution in [3.8, 4) is 11.8 Å². The van der Waals surface area contributed by atoms with Gasteiger partial charge in [0, 0.05) is 17.2 Å². The third kappa shape index (κ3) is 4.42. The van der Waals surface area contributed by atoms with Gasteiger partial charge in [-0.25, -0.2) is 0 Å². The number of nitrogens with two attached hydrogens (primary N) is 1. The number of carbonyl (C=O) groups is 1. The van der Waals surface area contributed by atoms with Crippen molar-refractivity contribution in [2.24, 2.45) is 11.7 Å². The van der Waals surface area contributed by atoms with E-state index >= 15 is 0 Å². The van der Waals surface area contributed by atoms with E-state index in [0.717, 1.165) is 17.9 Å². The standard InChI is InChI=1S/C16H20N2O/c1-12(11-14-4-5-14)18-16(19)15-8-6-13(7-9-15)3-2-10-17/h6-9,12,14H,4-5,10-11,17H2,1H3,(H,18,19). The Morgan fingerprint density at radius 2 is 2.11 bits per heavy atom. The average Bonchev–Trinajstić information content (AvgIpc) is 3.20. The van der Waals surface area contributed by atoms with Gasteiger partial charge < -0.3 is 11.1 Å². The van der Waals surface area contributed by atoms with E-state index < -0.39 is 0 Å². The van der Waals surface area contributed by atoms with Crippen LogP contribution in [0.5, 0.6) is 0 Å². The minimum Gasteiger partial charge on any atom is -0.350 e. The van der Waals surface area contributed by atoms with E-state index in [2.05, 4.69) is 24.1 Å². The number of carbonyl (C=O) groups excluding carboxylic acids is 1. The van der Waals surface area contributed by atoms with Gasteiger partial charge in [-0.2, -0.15) is 0 Å². The highest BCUT2D eigenvalue weighted by atomic mass is 16.1. The molecule has 0 aromatic heterocycles. The summed E-state index contributed by atoms with van der Waals surface area (Å²) in [6.07, 6.45) is 3.72. The van der Waals surface area contributed by atoms with E-state index in [9.17, 15) is 4.79 Å². The molecule has 1 unspecified atom stereocenters. The molecule has 0 radical (unpaired) electrons. The first-order chi connectivity index (χ1) is 9.19. The first kappa shape index (κ1) is 13.6. The SMILES string of the molecule is CC(CC1CC1)NC(=O)c1ccc(C#CCN)cc1. The number of rotatable bonds is 4. The Kier molecular flexibility index (Phi) is 4.59. The second-order valence-electron chi connectivity index (χ2n) is 5.14. The van der Waals surface area contributed by atoms with Crippen molar-refractivity contribution in [3.63, 3.8) is 0 Å². The van der Waals surface area contributed by atoms with Gasteiger partial charge >= 0.3 is 0 Å². The average molecular weight is 256 g/mol. The smallest absolute Gasteiger partial charge is 0.251 e. The predicted molar refractivity (Wildman–Crippen MR) is 76.6 cm³/mol. The summed E-state index contributed by atoms with van der Waals surface area (Å²) in [7, 11) is 0. The summed E-state index contributed by atoms with van der Waals surface area (Å²) in [6.45, 7) is 2.41. The minimum absolute atomic E-state index is 0.00789. The van der Waals surface area contributed by atoms with Gasteiger partial charge in [-0.15, -0.1) is 0 Å². The van der Waals surface area contributed by atoms with E-state index in [4.69, 9.17) is 5.73 Å². The van der Waals surface area contributed by atoms with E-state index in [1.165, 1.54) is 12.8 Å². The van der Waals surface area contributed by atoms with Crippen LogP contribution >= 0.6 is 0 Å². The van der Waals surface area contributed by atoms with Crippen LogP contribution in [0.2, 0.25) is 0 Å². The summed E-state index contributed by atoms with van der Waals surface area (Å²) < 4.78 is 0. The van der Waals surface area contributed by atoms with Gasteiger partial charge in [0.25, 0.3) is 5.91 Å². The number of hydrogen-bond acceptors (Lipinski definition) is 2. The third-order valence-electron chi connectivity index (χ3n) is 3.24. The maximum absolute atomic E-state index is 12.0. The lowest BCUT2D eigenvalue weighted by molar-refractivity contribution is 0.0937. The fourth-order valence-corrected chi connectivity index (χ4v) is 2.08. The molecule has 1 aliphatic carbocycles. The van der Waals surface area contributed by atoms with Crippen molar-refractivity contribution in [3.05, 3.63) is 35.4 Å². The van der Waals surface area contributed by atoms with Gasteiger partial charge in [-0.3, -0.25) is 4.79 Å². The zero-order chi connectivity index (χ0) is 13.7. The van der Waals surface area contributed by atoms with E-state index in [1.807, 2.05) is 12.1 Å². The van der Waals surface area contributed by atoms with Gasteiger partial charge in [0.2, 0.25) is 0 Å². The molecule has 3 N–H and O–H groups in total. The molecule has 0 spiro atoms. The predicted octanol–water partition coefficient (Wildman–Crippen LogP) is 1.92. The molecule has 0 aliphatic heterocycles. The normalized spacial score (nSPS) is 15.3. The Morgan fingerprint density at radius 1 is 1.42 bits per heavy atom. The lowest BCUT2D eigenvalue weighted by Gasteiger charge is -2.13. The Hall–Kier alpha value is -1.79. The highest BCUT2D eigenvalue weighted by Crippen LogP contribution is 2.33. The molecule has 0 bridgehead atoms. The molecule has 1 aliphatic rings. The number of benzene rings is 1. The van der Waals surface area contributed by atoms with Crippen LogP contribution in [0.3, 0.4) is 0 Å². The van der Waals surface area contributed by atoms with Gasteiger partial charge in [-0.05, 0) is 43.5 Å². The zero-order valence-electron chi connectivity index (χ0n) is 11.3. The van der Waals surface area contributed by atoms with Crippen molar-refractivity contribution in [2.45, 2.75) is 32.2 Å². The molecule has 1 saturated carbocycles. The second-order valence-corrected chi connectivity index (χ2v) is 5.14. The molecule has 1 amide bonds. The van der Waals surface area contributed by atoms with Crippen LogP contribution in [0.15, 0.2) is 24.3 Å². The quantitative estimate of drug-likeness (QED) is 0.809. The molecular weight excluding hydrogens is 236 g/mol. The van der Waals surface area contributed by atoms with Crippen LogP contribution < -0.4 is 11.1 Å². The fraction of sp³-hybridized carbons (Fsp3) is 0.438. The van der Waals surface area contributed by atoms with Crippen molar-refractivity contribution >= 4 is 5.91 Å². The zero-order valence-corrected chi connectivity index (χ0v) is 11.3. The first-order valence-corrected chi connectivity index (χ1v) is 6.79. The molecule has 2 rings (SSSR count). The van der Waals surface area contributed by atoms with E-state index in [0.29, 0.717) is 12.1 Å². The van der Waals surface area contributed by atoms with E-state index in [1.54, 1.807) is 12.1 Å². The molecule has 0 heterocycles. The molecule has 0 saturated heterocycles. The summed E-state index contributed by atoms with van der Waals surface area (Å²) in [4.78, 5) is 12.0. The van der Waals surface area contributed by atoms with Crippen LogP contribution in [0, 0.1) is 17.8 Å². The lowest BCUT2D eigenvalue weighted by atomic mass is 10.1. The van der Waals surface area contributed by atoms with Crippen LogP contribution in [-0.4, -0.2) is 18.5 Å². The van der Waals surface area contributed by atoms with Crippen LogP contribution in [0.1, 0.15) is 42.1 Å². The number of amides is 1. The van der Waals surface area contributed by atoms with Crippen LogP contribution in [0.4, 0.5) is 0 Å². The third-order valence-corrected chi connectivity index (χ3v) is 3.24. The van der Waals surface area contributed by atoms with Crippen LogP contribution in [-0.2, 0) is 0 Å². The minimum atomic E-state index is -0.00789. The highest BCUT2D eigenvalue weighted by molar-refractivity contribution is 5.94. The molecular formula is C16H20N2O.